The first-order chi connectivity index (χ1) is 9.54. The zero-order valence-electron chi connectivity index (χ0n) is 12.2. The molecule has 2 rings (SSSR count). The van der Waals surface area contributed by atoms with E-state index in [4.69, 9.17) is 4.42 Å². The molecule has 1 aromatic heterocycles. The third kappa shape index (κ3) is 4.17. The fourth-order valence-corrected chi connectivity index (χ4v) is 2.07. The summed E-state index contributed by atoms with van der Waals surface area (Å²) >= 11 is 0. The summed E-state index contributed by atoms with van der Waals surface area (Å²) in [5.74, 6) is 1.07. The van der Waals surface area contributed by atoms with Crippen LogP contribution in [0.4, 0.5) is 4.39 Å². The minimum atomic E-state index is -0.251. The van der Waals surface area contributed by atoms with Gasteiger partial charge in [0.1, 0.15) is 5.82 Å². The lowest BCUT2D eigenvalue weighted by molar-refractivity contribution is 0.484. The van der Waals surface area contributed by atoms with Crippen molar-refractivity contribution in [3.05, 3.63) is 41.7 Å². The molecule has 0 saturated carbocycles. The van der Waals surface area contributed by atoms with Crippen LogP contribution < -0.4 is 5.32 Å². The number of benzene rings is 1. The highest BCUT2D eigenvalue weighted by molar-refractivity contribution is 5.57. The van der Waals surface area contributed by atoms with Crippen LogP contribution in [0.25, 0.3) is 11.3 Å². The molecular formula is C16H21FN2O. The van der Waals surface area contributed by atoms with E-state index in [1.807, 2.05) is 13.0 Å². The maximum absolute atomic E-state index is 13.4. The van der Waals surface area contributed by atoms with Crippen molar-refractivity contribution in [2.45, 2.75) is 39.7 Å². The molecule has 1 N–H and O–H groups in total. The molecule has 0 aliphatic rings. The third-order valence-corrected chi connectivity index (χ3v) is 3.00. The van der Waals surface area contributed by atoms with Gasteiger partial charge >= 0.3 is 0 Å². The lowest BCUT2D eigenvalue weighted by atomic mass is 10.1. The van der Waals surface area contributed by atoms with Crippen LogP contribution in [0.2, 0.25) is 0 Å². The molecule has 3 nitrogen and oxygen atoms in total. The van der Waals surface area contributed by atoms with E-state index in [2.05, 4.69) is 24.1 Å². The van der Waals surface area contributed by atoms with Gasteiger partial charge < -0.3 is 9.73 Å². The fourth-order valence-electron chi connectivity index (χ4n) is 2.07. The zero-order chi connectivity index (χ0) is 14.5. The minimum absolute atomic E-state index is 0.251. The molecule has 0 unspecified atom stereocenters. The molecule has 0 radical (unpaired) electrons. The van der Waals surface area contributed by atoms with Gasteiger partial charge in [0.2, 0.25) is 0 Å². The van der Waals surface area contributed by atoms with E-state index < -0.39 is 0 Å². The first-order valence-electron chi connectivity index (χ1n) is 7.00. The first kappa shape index (κ1) is 14.7. The number of hydrogen-bond acceptors (Lipinski definition) is 3. The van der Waals surface area contributed by atoms with Crippen molar-refractivity contribution in [3.63, 3.8) is 0 Å². The van der Waals surface area contributed by atoms with Gasteiger partial charge in [0.25, 0.3) is 0 Å². The molecule has 1 heterocycles. The Morgan fingerprint density at radius 3 is 2.80 bits per heavy atom. The van der Waals surface area contributed by atoms with Crippen LogP contribution >= 0.6 is 0 Å². The predicted octanol–water partition coefficient (Wildman–Crippen LogP) is 3.72. The Morgan fingerprint density at radius 1 is 1.30 bits per heavy atom. The summed E-state index contributed by atoms with van der Waals surface area (Å²) in [6.45, 7) is 7.04. The standard InChI is InChI=1S/C16H21FN2O/c1-11(2)18-6-4-5-16-19-10-15(20-16)13-7-12(3)8-14(17)9-13/h7-11,18H,4-6H2,1-3H3. The molecular weight excluding hydrogens is 255 g/mol. The van der Waals surface area contributed by atoms with Gasteiger partial charge in [0.15, 0.2) is 11.7 Å². The smallest absolute Gasteiger partial charge is 0.194 e. The quantitative estimate of drug-likeness (QED) is 0.817. The Bertz CT molecular complexity index is 543. The maximum Gasteiger partial charge on any atom is 0.194 e. The summed E-state index contributed by atoms with van der Waals surface area (Å²) in [4.78, 5) is 4.25. The molecule has 0 fully saturated rings. The van der Waals surface area contributed by atoms with E-state index in [1.54, 1.807) is 6.20 Å². The Hall–Kier alpha value is -1.68. The van der Waals surface area contributed by atoms with Gasteiger partial charge in [-0.2, -0.15) is 0 Å². The van der Waals surface area contributed by atoms with Crippen LogP contribution in [0.15, 0.2) is 28.8 Å². The van der Waals surface area contributed by atoms with Gasteiger partial charge in [-0.3, -0.25) is 0 Å². The summed E-state index contributed by atoms with van der Waals surface area (Å²) in [6, 6.07) is 5.36. The summed E-state index contributed by atoms with van der Waals surface area (Å²) in [5.41, 5.74) is 1.61. The average Bonchev–Trinajstić information content (AvgIpc) is 2.82. The second-order valence-electron chi connectivity index (χ2n) is 5.35. The first-order valence-corrected chi connectivity index (χ1v) is 7.00. The molecule has 0 saturated heterocycles. The zero-order valence-corrected chi connectivity index (χ0v) is 12.2. The van der Waals surface area contributed by atoms with Gasteiger partial charge in [-0.25, -0.2) is 9.37 Å². The lowest BCUT2D eigenvalue weighted by Crippen LogP contribution is -2.23. The van der Waals surface area contributed by atoms with E-state index in [0.29, 0.717) is 17.7 Å². The van der Waals surface area contributed by atoms with Crippen LogP contribution in [0, 0.1) is 12.7 Å². The highest BCUT2D eigenvalue weighted by Gasteiger charge is 2.08. The highest BCUT2D eigenvalue weighted by atomic mass is 19.1. The summed E-state index contributed by atoms with van der Waals surface area (Å²) in [7, 11) is 0. The lowest BCUT2D eigenvalue weighted by Gasteiger charge is -2.05. The minimum Gasteiger partial charge on any atom is -0.441 e. The van der Waals surface area contributed by atoms with E-state index in [0.717, 1.165) is 30.5 Å². The van der Waals surface area contributed by atoms with Crippen LogP contribution in [0.1, 0.15) is 31.7 Å². The number of oxazole rings is 1. The van der Waals surface area contributed by atoms with E-state index in [-0.39, 0.29) is 5.82 Å². The Labute approximate surface area is 119 Å². The molecule has 1 aromatic carbocycles. The van der Waals surface area contributed by atoms with Crippen LogP contribution in [0.5, 0.6) is 0 Å². The number of halogens is 1. The SMILES string of the molecule is Cc1cc(F)cc(-c2cnc(CCCNC(C)C)o2)c1. The van der Waals surface area contributed by atoms with Crippen LogP contribution in [-0.4, -0.2) is 17.6 Å². The van der Waals surface area contributed by atoms with Crippen molar-refractivity contribution in [2.75, 3.05) is 6.54 Å². The number of hydrogen-bond donors (Lipinski definition) is 1. The van der Waals surface area contributed by atoms with Crippen molar-refractivity contribution >= 4 is 0 Å². The summed E-state index contributed by atoms with van der Waals surface area (Å²) in [6.07, 6.45) is 3.42. The van der Waals surface area contributed by atoms with Crippen molar-refractivity contribution in [1.82, 2.24) is 10.3 Å². The van der Waals surface area contributed by atoms with Gasteiger partial charge in [-0.15, -0.1) is 0 Å². The van der Waals surface area contributed by atoms with Gasteiger partial charge in [-0.05, 0) is 43.7 Å². The number of aryl methyl sites for hydroxylation is 2. The van der Waals surface area contributed by atoms with Gasteiger partial charge in [0.05, 0.1) is 6.20 Å². The second-order valence-corrected chi connectivity index (χ2v) is 5.35. The number of rotatable bonds is 6. The number of nitrogens with zero attached hydrogens (tertiary/aromatic N) is 1. The van der Waals surface area contributed by atoms with E-state index in [9.17, 15) is 4.39 Å². The molecule has 20 heavy (non-hydrogen) atoms. The molecule has 0 amide bonds. The molecule has 0 aliphatic heterocycles. The largest absolute Gasteiger partial charge is 0.441 e. The summed E-state index contributed by atoms with van der Waals surface area (Å²) in [5, 5.41) is 3.35. The molecule has 2 aromatic rings. The third-order valence-electron chi connectivity index (χ3n) is 3.00. The molecule has 0 spiro atoms. The monoisotopic (exact) mass is 276 g/mol. The molecule has 4 heteroatoms. The second kappa shape index (κ2) is 6.66. The fraction of sp³-hybridized carbons (Fsp3) is 0.438. The molecule has 108 valence electrons. The summed E-state index contributed by atoms with van der Waals surface area (Å²) < 4.78 is 19.1. The Morgan fingerprint density at radius 2 is 2.10 bits per heavy atom. The van der Waals surface area contributed by atoms with Crippen molar-refractivity contribution < 1.29 is 8.81 Å². The molecule has 0 atom stereocenters. The molecule has 0 aliphatic carbocycles. The van der Waals surface area contributed by atoms with Crippen molar-refractivity contribution in [1.29, 1.82) is 0 Å². The van der Waals surface area contributed by atoms with Crippen LogP contribution in [0.3, 0.4) is 0 Å². The van der Waals surface area contributed by atoms with Gasteiger partial charge in [0, 0.05) is 18.0 Å². The Kier molecular flexibility index (Phi) is 4.90. The maximum atomic E-state index is 13.4. The normalized spacial score (nSPS) is 11.2. The average molecular weight is 276 g/mol. The van der Waals surface area contributed by atoms with Crippen molar-refractivity contribution in [3.8, 4) is 11.3 Å². The van der Waals surface area contributed by atoms with E-state index in [1.165, 1.54) is 12.1 Å². The Balaban J connectivity index is 1.98. The van der Waals surface area contributed by atoms with Gasteiger partial charge in [-0.1, -0.05) is 13.8 Å². The van der Waals surface area contributed by atoms with Crippen LogP contribution in [-0.2, 0) is 6.42 Å². The number of nitrogens with one attached hydrogen (secondary N) is 1. The highest BCUT2D eigenvalue weighted by Crippen LogP contribution is 2.23. The predicted molar refractivity (Wildman–Crippen MR) is 78.1 cm³/mol. The van der Waals surface area contributed by atoms with E-state index >= 15 is 0 Å². The topological polar surface area (TPSA) is 38.1 Å². The number of aromatic nitrogens is 1. The van der Waals surface area contributed by atoms with Crippen molar-refractivity contribution in [2.24, 2.45) is 0 Å². The molecule has 0 bridgehead atoms.